The van der Waals surface area contributed by atoms with Crippen molar-refractivity contribution in [2.45, 2.75) is 89.6 Å². The van der Waals surface area contributed by atoms with E-state index in [0.29, 0.717) is 23.9 Å². The average Bonchev–Trinajstić information content (AvgIpc) is 3.36. The molecular weight excluding hydrogens is 551 g/mol. The van der Waals surface area contributed by atoms with E-state index in [4.69, 9.17) is 4.98 Å². The molecule has 5 aliphatic rings. The molecule has 5 atom stereocenters. The molecule has 2 aromatic rings. The number of nitrogens with zero attached hydrogens (tertiary/aromatic N) is 2. The molecule has 1 aliphatic heterocycles. The minimum atomic E-state index is -0.441. The molecule has 0 radical (unpaired) electrons. The number of rotatable bonds is 9. The second kappa shape index (κ2) is 13.8. The standard InChI is InChI=1S/C41H47N2P/c1-31-37-30-35(44(33-19-9-4-10-20-33)34-21-11-5-12-22-34)27-28-41(37)43(40-26-14-24-38-36(40)23-15-29-42-38)39(31)25-13-3-8-18-32-16-6-2-7-17-32/h4-6,9-11,13,15-17,19-21,23-25,27,29,31,37,39,41H,2-3,7-8,12,14,18,22,26,28,30H2,1H3/b25-13-/t31?,37?,39-,41?,44?/m0/s1. The molecule has 4 aliphatic carbocycles. The van der Waals surface area contributed by atoms with E-state index in [0.717, 1.165) is 25.7 Å². The number of aromatic nitrogens is 1. The predicted octanol–water partition coefficient (Wildman–Crippen LogP) is 8.79. The second-order valence-electron chi connectivity index (χ2n) is 13.1. The molecule has 2 nitrogen and oxygen atoms in total. The zero-order valence-corrected chi connectivity index (χ0v) is 27.2. The maximum atomic E-state index is 4.79. The van der Waals surface area contributed by atoms with Crippen LogP contribution in [-0.2, 0) is 0 Å². The van der Waals surface area contributed by atoms with Crippen molar-refractivity contribution in [2.24, 2.45) is 11.8 Å². The molecule has 1 aromatic heterocycles. The molecule has 226 valence electrons. The van der Waals surface area contributed by atoms with Crippen molar-refractivity contribution in [3.05, 3.63) is 130 Å². The molecule has 0 amide bonds. The molecule has 0 bridgehead atoms. The van der Waals surface area contributed by atoms with Crippen molar-refractivity contribution in [1.82, 2.24) is 9.88 Å². The molecule has 0 saturated carbocycles. The minimum Gasteiger partial charge on any atom is -0.364 e. The van der Waals surface area contributed by atoms with Crippen molar-refractivity contribution in [1.29, 1.82) is 0 Å². The Morgan fingerprint density at radius 1 is 0.932 bits per heavy atom. The van der Waals surface area contributed by atoms with E-state index in [1.54, 1.807) is 10.6 Å². The molecule has 44 heavy (non-hydrogen) atoms. The second-order valence-corrected chi connectivity index (χ2v) is 15.5. The summed E-state index contributed by atoms with van der Waals surface area (Å²) in [5.74, 6) is 1.27. The molecule has 2 heterocycles. The number of likely N-dealkylation sites (tertiary alicyclic amines) is 1. The Bertz CT molecular complexity index is 1640. The Morgan fingerprint density at radius 3 is 2.70 bits per heavy atom. The summed E-state index contributed by atoms with van der Waals surface area (Å²) < 4.78 is 0. The Labute approximate surface area is 265 Å². The van der Waals surface area contributed by atoms with Crippen molar-refractivity contribution in [3.8, 4) is 0 Å². The molecule has 1 saturated heterocycles. The van der Waals surface area contributed by atoms with Gasteiger partial charge in [0.15, 0.2) is 0 Å². The van der Waals surface area contributed by atoms with Gasteiger partial charge in [0.05, 0.1) is 11.4 Å². The van der Waals surface area contributed by atoms with Gasteiger partial charge in [-0.1, -0.05) is 104 Å². The summed E-state index contributed by atoms with van der Waals surface area (Å²) in [6, 6.07) is 16.8. The lowest BCUT2D eigenvalue weighted by atomic mass is 9.82. The topological polar surface area (TPSA) is 16.1 Å². The summed E-state index contributed by atoms with van der Waals surface area (Å²) in [7, 11) is -0.441. The van der Waals surface area contributed by atoms with Crippen LogP contribution in [0.1, 0.15) is 77.6 Å². The van der Waals surface area contributed by atoms with Gasteiger partial charge in [-0.25, -0.2) is 0 Å². The van der Waals surface area contributed by atoms with Crippen LogP contribution in [0, 0.1) is 11.8 Å². The lowest BCUT2D eigenvalue weighted by Crippen LogP contribution is -2.44. The number of pyridine rings is 1. The van der Waals surface area contributed by atoms with Crippen LogP contribution in [0.15, 0.2) is 120 Å². The van der Waals surface area contributed by atoms with E-state index < -0.39 is 7.92 Å². The van der Waals surface area contributed by atoms with Crippen LogP contribution in [0.3, 0.4) is 0 Å². The average molecular weight is 599 g/mol. The highest BCUT2D eigenvalue weighted by atomic mass is 31.1. The smallest absolute Gasteiger partial charge is 0.0679 e. The first-order valence-electron chi connectivity index (χ1n) is 17.1. The first-order valence-corrected chi connectivity index (χ1v) is 18.5. The van der Waals surface area contributed by atoms with E-state index in [1.807, 2.05) is 6.20 Å². The third-order valence-corrected chi connectivity index (χ3v) is 13.1. The van der Waals surface area contributed by atoms with Crippen LogP contribution < -0.4 is 15.9 Å². The van der Waals surface area contributed by atoms with Gasteiger partial charge in [0, 0.05) is 23.2 Å². The fourth-order valence-corrected chi connectivity index (χ4v) is 11.0. The monoisotopic (exact) mass is 598 g/mol. The maximum absolute atomic E-state index is 4.79. The first kappa shape index (κ1) is 29.5. The summed E-state index contributed by atoms with van der Waals surface area (Å²) in [5, 5.41) is 7.42. The van der Waals surface area contributed by atoms with Gasteiger partial charge >= 0.3 is 0 Å². The Balaban J connectivity index is 1.20. The van der Waals surface area contributed by atoms with Gasteiger partial charge in [-0.15, -0.1) is 0 Å². The molecular formula is C41H47N2P. The van der Waals surface area contributed by atoms with Gasteiger partial charge in [0.25, 0.3) is 0 Å². The maximum Gasteiger partial charge on any atom is 0.0679 e. The minimum absolute atomic E-state index is 0.437. The first-order chi connectivity index (χ1) is 21.8. The number of fused-ring (bicyclic) bond motifs is 2. The van der Waals surface area contributed by atoms with Crippen molar-refractivity contribution in [2.75, 3.05) is 0 Å². The van der Waals surface area contributed by atoms with E-state index in [-0.39, 0.29) is 0 Å². The number of benzene rings is 1. The van der Waals surface area contributed by atoms with E-state index in [9.17, 15) is 0 Å². The fourth-order valence-electron chi connectivity index (χ4n) is 8.26. The largest absolute Gasteiger partial charge is 0.364 e. The lowest BCUT2D eigenvalue weighted by Gasteiger charge is -2.38. The molecule has 3 heteroatoms. The zero-order valence-electron chi connectivity index (χ0n) is 26.3. The van der Waals surface area contributed by atoms with Crippen molar-refractivity contribution >= 4 is 25.0 Å². The normalized spacial score (nSPS) is 26.9. The van der Waals surface area contributed by atoms with Gasteiger partial charge in [0.2, 0.25) is 0 Å². The molecule has 4 unspecified atom stereocenters. The SMILES string of the molecule is CC1C2CC(P(C3=CC=CCC3)c3ccccc3)=CCC2N(C2=c3cccnc3=CCC2)[C@H]1/C=C\CCCC1=CCCC=C1. The summed E-state index contributed by atoms with van der Waals surface area (Å²) in [4.78, 5) is 7.67. The highest BCUT2D eigenvalue weighted by Crippen LogP contribution is 2.59. The quantitative estimate of drug-likeness (QED) is 0.163. The van der Waals surface area contributed by atoms with Crippen LogP contribution in [0.2, 0.25) is 0 Å². The zero-order chi connectivity index (χ0) is 29.7. The van der Waals surface area contributed by atoms with Crippen LogP contribution >= 0.6 is 7.92 Å². The number of unbranched alkanes of at least 4 members (excludes halogenated alkanes) is 1. The Hall–Kier alpha value is -3.22. The lowest BCUT2D eigenvalue weighted by molar-refractivity contribution is 0.279. The summed E-state index contributed by atoms with van der Waals surface area (Å²) in [6.07, 6.45) is 39.2. The Kier molecular flexibility index (Phi) is 9.27. The van der Waals surface area contributed by atoms with Crippen LogP contribution in [0.4, 0.5) is 0 Å². The summed E-state index contributed by atoms with van der Waals surface area (Å²) in [5.41, 5.74) is 3.06. The van der Waals surface area contributed by atoms with Crippen LogP contribution in [-0.4, -0.2) is 22.0 Å². The van der Waals surface area contributed by atoms with Crippen molar-refractivity contribution in [3.63, 3.8) is 0 Å². The van der Waals surface area contributed by atoms with E-state index >= 15 is 0 Å². The van der Waals surface area contributed by atoms with Gasteiger partial charge in [-0.3, -0.25) is 4.98 Å². The summed E-state index contributed by atoms with van der Waals surface area (Å²) >= 11 is 0. The molecule has 1 aromatic carbocycles. The van der Waals surface area contributed by atoms with Gasteiger partial charge in [-0.05, 0) is 118 Å². The molecule has 7 rings (SSSR count). The molecule has 1 fully saturated rings. The van der Waals surface area contributed by atoms with E-state index in [2.05, 4.69) is 115 Å². The van der Waals surface area contributed by atoms with Crippen LogP contribution in [0.5, 0.6) is 0 Å². The number of hydrogen-bond acceptors (Lipinski definition) is 2. The fraction of sp³-hybridized carbons (Fsp3) is 0.390. The van der Waals surface area contributed by atoms with Crippen LogP contribution in [0.25, 0.3) is 11.8 Å². The molecule has 0 N–H and O–H groups in total. The number of hydrogen-bond donors (Lipinski definition) is 0. The van der Waals surface area contributed by atoms with Crippen molar-refractivity contribution < 1.29 is 0 Å². The third-order valence-electron chi connectivity index (χ3n) is 10.4. The van der Waals surface area contributed by atoms with Gasteiger partial charge in [0.1, 0.15) is 0 Å². The third kappa shape index (κ3) is 6.16. The van der Waals surface area contributed by atoms with E-state index in [1.165, 1.54) is 72.1 Å². The highest BCUT2D eigenvalue weighted by Gasteiger charge is 2.48. The Morgan fingerprint density at radius 2 is 1.86 bits per heavy atom. The van der Waals surface area contributed by atoms with Gasteiger partial charge in [-0.2, -0.15) is 0 Å². The predicted molar refractivity (Wildman–Crippen MR) is 189 cm³/mol. The summed E-state index contributed by atoms with van der Waals surface area (Å²) in [6.45, 7) is 2.56. The number of allylic oxidation sites excluding steroid dienone is 10. The molecule has 0 spiro atoms. The highest BCUT2D eigenvalue weighted by molar-refractivity contribution is 7.73. The van der Waals surface area contributed by atoms with Gasteiger partial charge < -0.3 is 4.90 Å².